The maximum Gasteiger partial charge on any atom is 0.416 e. The van der Waals surface area contributed by atoms with E-state index in [0.717, 1.165) is 12.1 Å². The van der Waals surface area contributed by atoms with E-state index in [9.17, 15) is 18.0 Å². The Bertz CT molecular complexity index is 700. The molecule has 124 valence electrons. The molecule has 0 atom stereocenters. The van der Waals surface area contributed by atoms with Crippen molar-refractivity contribution in [2.24, 2.45) is 0 Å². The zero-order valence-electron chi connectivity index (χ0n) is 12.5. The lowest BCUT2D eigenvalue weighted by molar-refractivity contribution is -0.137. The van der Waals surface area contributed by atoms with E-state index in [0.29, 0.717) is 28.8 Å². The maximum atomic E-state index is 12.7. The Kier molecular flexibility index (Phi) is 5.30. The molecule has 0 aliphatic rings. The summed E-state index contributed by atoms with van der Waals surface area (Å²) in [6.45, 7) is 3.67. The molecule has 2 rings (SSSR count). The van der Waals surface area contributed by atoms with E-state index in [1.807, 2.05) is 0 Å². The molecule has 1 amide bonds. The standard InChI is InChI=1S/C14H15F3N4OS/c1-8-3-4-10(14(15,16)17)7-11(8)12(22)18-5-6-23-13-19-9(2)20-21-13/h3-4,7H,5-6H2,1-2H3,(H,18,22)(H,19,20,21). The van der Waals surface area contributed by atoms with Crippen molar-refractivity contribution in [1.29, 1.82) is 0 Å². The smallest absolute Gasteiger partial charge is 0.351 e. The van der Waals surface area contributed by atoms with Gasteiger partial charge in [-0.25, -0.2) is 4.98 Å². The van der Waals surface area contributed by atoms with Crippen LogP contribution >= 0.6 is 11.8 Å². The molecule has 0 spiro atoms. The Morgan fingerprint density at radius 1 is 1.35 bits per heavy atom. The minimum atomic E-state index is -4.47. The number of alkyl halides is 3. The number of aryl methyl sites for hydroxylation is 2. The molecule has 1 aromatic heterocycles. The predicted molar refractivity (Wildman–Crippen MR) is 80.4 cm³/mol. The van der Waals surface area contributed by atoms with Gasteiger partial charge in [-0.1, -0.05) is 17.8 Å². The summed E-state index contributed by atoms with van der Waals surface area (Å²) < 4.78 is 38.1. The van der Waals surface area contributed by atoms with E-state index in [-0.39, 0.29) is 5.56 Å². The second-order valence-corrected chi connectivity index (χ2v) is 5.90. The third-order valence-corrected chi connectivity index (χ3v) is 3.85. The number of benzene rings is 1. The second-order valence-electron chi connectivity index (χ2n) is 4.84. The first kappa shape index (κ1) is 17.3. The highest BCUT2D eigenvalue weighted by Crippen LogP contribution is 2.30. The zero-order valence-corrected chi connectivity index (χ0v) is 13.3. The molecule has 1 heterocycles. The molecule has 1 aromatic carbocycles. The number of hydrogen-bond donors (Lipinski definition) is 2. The van der Waals surface area contributed by atoms with Gasteiger partial charge in [-0.2, -0.15) is 13.2 Å². The third-order valence-electron chi connectivity index (χ3n) is 3.01. The highest BCUT2D eigenvalue weighted by atomic mass is 32.2. The van der Waals surface area contributed by atoms with Gasteiger partial charge in [0.25, 0.3) is 5.91 Å². The van der Waals surface area contributed by atoms with E-state index in [1.54, 1.807) is 13.8 Å². The summed E-state index contributed by atoms with van der Waals surface area (Å²) in [4.78, 5) is 16.1. The summed E-state index contributed by atoms with van der Waals surface area (Å²) in [5, 5.41) is 9.79. The van der Waals surface area contributed by atoms with Crippen LogP contribution in [0.25, 0.3) is 0 Å². The third kappa shape index (κ3) is 4.72. The molecule has 23 heavy (non-hydrogen) atoms. The first-order valence-corrected chi connectivity index (χ1v) is 7.74. The van der Waals surface area contributed by atoms with Crippen molar-refractivity contribution >= 4 is 17.7 Å². The lowest BCUT2D eigenvalue weighted by Crippen LogP contribution is -2.27. The van der Waals surface area contributed by atoms with Crippen molar-refractivity contribution in [2.75, 3.05) is 12.3 Å². The summed E-state index contributed by atoms with van der Waals surface area (Å²) in [7, 11) is 0. The van der Waals surface area contributed by atoms with Crippen LogP contribution in [0.2, 0.25) is 0 Å². The Labute approximate surface area is 135 Å². The number of rotatable bonds is 5. The highest BCUT2D eigenvalue weighted by Gasteiger charge is 2.31. The summed E-state index contributed by atoms with van der Waals surface area (Å²) >= 11 is 1.34. The van der Waals surface area contributed by atoms with E-state index >= 15 is 0 Å². The van der Waals surface area contributed by atoms with Crippen molar-refractivity contribution in [1.82, 2.24) is 20.5 Å². The molecule has 0 bridgehead atoms. The number of halogens is 3. The van der Waals surface area contributed by atoms with Gasteiger partial charge < -0.3 is 5.32 Å². The number of hydrogen-bond acceptors (Lipinski definition) is 4. The molecule has 5 nitrogen and oxygen atoms in total. The number of H-pyrrole nitrogens is 1. The zero-order chi connectivity index (χ0) is 17.0. The quantitative estimate of drug-likeness (QED) is 0.646. The number of nitrogens with zero attached hydrogens (tertiary/aromatic N) is 2. The van der Waals surface area contributed by atoms with Gasteiger partial charge >= 0.3 is 6.18 Å². The molecule has 0 radical (unpaired) electrons. The van der Waals surface area contributed by atoms with Crippen LogP contribution in [0.15, 0.2) is 23.4 Å². The normalized spacial score (nSPS) is 11.5. The minimum absolute atomic E-state index is 0.0264. The van der Waals surface area contributed by atoms with Gasteiger partial charge in [0, 0.05) is 17.9 Å². The summed E-state index contributed by atoms with van der Waals surface area (Å²) in [6, 6.07) is 3.13. The molecule has 9 heteroatoms. The van der Waals surface area contributed by atoms with E-state index in [2.05, 4.69) is 20.5 Å². The summed E-state index contributed by atoms with van der Waals surface area (Å²) in [5.74, 6) is 0.678. The van der Waals surface area contributed by atoms with Crippen molar-refractivity contribution in [3.63, 3.8) is 0 Å². The van der Waals surface area contributed by atoms with Crippen molar-refractivity contribution in [3.8, 4) is 0 Å². The number of carbonyl (C=O) groups is 1. The molecule has 0 fully saturated rings. The van der Waals surface area contributed by atoms with Gasteiger partial charge in [0.1, 0.15) is 5.82 Å². The fourth-order valence-corrected chi connectivity index (χ4v) is 2.53. The van der Waals surface area contributed by atoms with Crippen LogP contribution in [0.4, 0.5) is 13.2 Å². The maximum absolute atomic E-state index is 12.7. The molecular weight excluding hydrogens is 329 g/mol. The van der Waals surface area contributed by atoms with Gasteiger partial charge in [0.2, 0.25) is 5.16 Å². The highest BCUT2D eigenvalue weighted by molar-refractivity contribution is 7.99. The van der Waals surface area contributed by atoms with Gasteiger partial charge in [0.05, 0.1) is 5.56 Å². The predicted octanol–water partition coefficient (Wildman–Crippen LogP) is 2.96. The first-order chi connectivity index (χ1) is 10.8. The van der Waals surface area contributed by atoms with Crippen LogP contribution in [-0.4, -0.2) is 33.4 Å². The topological polar surface area (TPSA) is 70.7 Å². The van der Waals surface area contributed by atoms with Crippen molar-refractivity contribution < 1.29 is 18.0 Å². The number of amides is 1. The van der Waals surface area contributed by atoms with Gasteiger partial charge in [0.15, 0.2) is 0 Å². The van der Waals surface area contributed by atoms with Crippen LogP contribution in [0.3, 0.4) is 0 Å². The van der Waals surface area contributed by atoms with E-state index in [1.165, 1.54) is 17.8 Å². The Morgan fingerprint density at radius 3 is 2.70 bits per heavy atom. The van der Waals surface area contributed by atoms with Crippen LogP contribution in [0, 0.1) is 13.8 Å². The van der Waals surface area contributed by atoms with Gasteiger partial charge in [-0.3, -0.25) is 9.89 Å². The molecule has 0 aliphatic heterocycles. The second kappa shape index (κ2) is 7.03. The number of thioether (sulfide) groups is 1. The lowest BCUT2D eigenvalue weighted by Gasteiger charge is -2.11. The Balaban J connectivity index is 1.92. The largest absolute Gasteiger partial charge is 0.416 e. The fraction of sp³-hybridized carbons (Fsp3) is 0.357. The average Bonchev–Trinajstić information content (AvgIpc) is 2.88. The lowest BCUT2D eigenvalue weighted by atomic mass is 10.0. The first-order valence-electron chi connectivity index (χ1n) is 6.75. The van der Waals surface area contributed by atoms with Gasteiger partial charge in [-0.05, 0) is 31.5 Å². The summed E-state index contributed by atoms with van der Waals surface area (Å²) in [5.41, 5.74) is -0.315. The molecule has 0 unspecified atom stereocenters. The van der Waals surface area contributed by atoms with Crippen LogP contribution in [0.5, 0.6) is 0 Å². The molecule has 0 saturated carbocycles. The monoisotopic (exact) mass is 344 g/mol. The number of aromatic nitrogens is 3. The van der Waals surface area contributed by atoms with Crippen molar-refractivity contribution in [2.45, 2.75) is 25.2 Å². The van der Waals surface area contributed by atoms with Crippen LogP contribution < -0.4 is 5.32 Å². The van der Waals surface area contributed by atoms with Gasteiger partial charge in [-0.15, -0.1) is 5.10 Å². The van der Waals surface area contributed by atoms with Crippen LogP contribution in [-0.2, 0) is 6.18 Å². The molecular formula is C14H15F3N4OS. The van der Waals surface area contributed by atoms with E-state index < -0.39 is 17.6 Å². The van der Waals surface area contributed by atoms with Crippen LogP contribution in [0.1, 0.15) is 27.3 Å². The number of aromatic amines is 1. The fourth-order valence-electron chi connectivity index (χ4n) is 1.83. The number of nitrogens with one attached hydrogen (secondary N) is 2. The SMILES string of the molecule is Cc1nc(SCCNC(=O)c2cc(C(F)(F)F)ccc2C)n[nH]1. The molecule has 0 saturated heterocycles. The molecule has 0 aliphatic carbocycles. The summed E-state index contributed by atoms with van der Waals surface area (Å²) in [6.07, 6.45) is -4.47. The average molecular weight is 344 g/mol. The van der Waals surface area contributed by atoms with Crippen molar-refractivity contribution in [3.05, 3.63) is 40.7 Å². The Morgan fingerprint density at radius 2 is 2.09 bits per heavy atom. The Hall–Kier alpha value is -2.03. The molecule has 2 aromatic rings. The molecule has 2 N–H and O–H groups in total. The number of carbonyl (C=O) groups excluding carboxylic acids is 1. The van der Waals surface area contributed by atoms with E-state index in [4.69, 9.17) is 0 Å². The minimum Gasteiger partial charge on any atom is -0.351 e.